The summed E-state index contributed by atoms with van der Waals surface area (Å²) in [5.74, 6) is 1.21. The minimum Gasteiger partial charge on any atom is -0.310 e. The van der Waals surface area contributed by atoms with Crippen molar-refractivity contribution in [1.82, 2.24) is 4.98 Å². The Morgan fingerprint density at radius 3 is 2.55 bits per heavy atom. The normalized spacial score (nSPS) is 29.1. The first-order chi connectivity index (χ1) is 9.63. The molecule has 4 nitrogen and oxygen atoms in total. The van der Waals surface area contributed by atoms with Crippen LogP contribution in [-0.4, -0.2) is 16.7 Å². The van der Waals surface area contributed by atoms with Gasteiger partial charge in [0.2, 0.25) is 5.91 Å². The molecule has 1 heterocycles. The smallest absolute Gasteiger partial charge is 0.228 e. The van der Waals surface area contributed by atoms with Crippen LogP contribution < -0.4 is 5.32 Å². The van der Waals surface area contributed by atoms with E-state index in [-0.39, 0.29) is 23.7 Å². The molecule has 0 spiro atoms. The lowest BCUT2D eigenvalue weighted by atomic mass is 9.67. The minimum absolute atomic E-state index is 0.0192. The van der Waals surface area contributed by atoms with Crippen LogP contribution >= 0.6 is 0 Å². The highest BCUT2D eigenvalue weighted by Gasteiger charge is 2.41. The van der Waals surface area contributed by atoms with Crippen LogP contribution in [0, 0.1) is 24.7 Å². The third kappa shape index (κ3) is 2.60. The Labute approximate surface area is 119 Å². The second kappa shape index (κ2) is 5.35. The van der Waals surface area contributed by atoms with Gasteiger partial charge in [0, 0.05) is 24.0 Å². The summed E-state index contributed by atoms with van der Waals surface area (Å²) in [7, 11) is 0. The van der Waals surface area contributed by atoms with Crippen LogP contribution in [0.3, 0.4) is 0 Å². The minimum atomic E-state index is -0.0360. The maximum Gasteiger partial charge on any atom is 0.228 e. The van der Waals surface area contributed by atoms with Crippen LogP contribution in [0.1, 0.15) is 37.7 Å². The van der Waals surface area contributed by atoms with Crippen molar-refractivity contribution < 1.29 is 9.59 Å². The lowest BCUT2D eigenvalue weighted by Gasteiger charge is -2.36. The Kier molecular flexibility index (Phi) is 3.55. The monoisotopic (exact) mass is 272 g/mol. The van der Waals surface area contributed by atoms with E-state index in [0.29, 0.717) is 24.4 Å². The number of hydrogen-bond acceptors (Lipinski definition) is 3. The van der Waals surface area contributed by atoms with Crippen molar-refractivity contribution in [3.63, 3.8) is 0 Å². The SMILES string of the molecule is Cc1ccc(NC(=O)C2C[C@H]3CCC[C@@H](C2)C3=O)nc1. The maximum absolute atomic E-state index is 12.3. The highest BCUT2D eigenvalue weighted by atomic mass is 16.2. The molecular formula is C16H20N2O2. The van der Waals surface area contributed by atoms with Crippen LogP contribution in [0.4, 0.5) is 5.82 Å². The summed E-state index contributed by atoms with van der Waals surface area (Å²) in [5, 5.41) is 2.88. The summed E-state index contributed by atoms with van der Waals surface area (Å²) < 4.78 is 0. The molecule has 2 aliphatic rings. The standard InChI is InChI=1S/C16H20N2O2/c1-10-5-6-14(17-9-10)18-16(20)13-7-11-3-2-4-12(8-13)15(11)19/h5-6,9,11-13H,2-4,7-8H2,1H3,(H,17,18,20)/t11-,12+,13?. The Hall–Kier alpha value is -1.71. The van der Waals surface area contributed by atoms with E-state index in [2.05, 4.69) is 10.3 Å². The fourth-order valence-electron chi connectivity index (χ4n) is 3.46. The largest absolute Gasteiger partial charge is 0.310 e. The van der Waals surface area contributed by atoms with Crippen LogP contribution in [0.2, 0.25) is 0 Å². The van der Waals surface area contributed by atoms with Crippen molar-refractivity contribution >= 4 is 17.5 Å². The zero-order valence-electron chi connectivity index (χ0n) is 11.8. The van der Waals surface area contributed by atoms with Crippen LogP contribution in [0.15, 0.2) is 18.3 Å². The Morgan fingerprint density at radius 2 is 1.95 bits per heavy atom. The predicted molar refractivity (Wildman–Crippen MR) is 76.2 cm³/mol. The summed E-state index contributed by atoms with van der Waals surface area (Å²) in [6.45, 7) is 1.96. The molecular weight excluding hydrogens is 252 g/mol. The number of amides is 1. The molecule has 2 aliphatic carbocycles. The van der Waals surface area contributed by atoms with Crippen LogP contribution in [0.25, 0.3) is 0 Å². The van der Waals surface area contributed by atoms with E-state index in [0.717, 1.165) is 24.8 Å². The number of aromatic nitrogens is 1. The van der Waals surface area contributed by atoms with Crippen molar-refractivity contribution in [2.75, 3.05) is 5.32 Å². The second-order valence-corrected chi connectivity index (χ2v) is 6.11. The quantitative estimate of drug-likeness (QED) is 0.900. The van der Waals surface area contributed by atoms with Gasteiger partial charge >= 0.3 is 0 Å². The number of nitrogens with zero attached hydrogens (tertiary/aromatic N) is 1. The van der Waals surface area contributed by atoms with Crippen LogP contribution in [0.5, 0.6) is 0 Å². The highest BCUT2D eigenvalue weighted by Crippen LogP contribution is 2.40. The Balaban J connectivity index is 1.66. The molecule has 0 radical (unpaired) electrons. The van der Waals surface area contributed by atoms with Crippen LogP contribution in [-0.2, 0) is 9.59 Å². The van der Waals surface area contributed by atoms with Gasteiger partial charge < -0.3 is 5.32 Å². The van der Waals surface area contributed by atoms with E-state index in [4.69, 9.17) is 0 Å². The zero-order valence-corrected chi connectivity index (χ0v) is 11.8. The molecule has 1 aromatic heterocycles. The molecule has 3 atom stereocenters. The zero-order chi connectivity index (χ0) is 14.1. The van der Waals surface area contributed by atoms with Gasteiger partial charge in [0.05, 0.1) is 0 Å². The van der Waals surface area contributed by atoms with E-state index in [1.54, 1.807) is 6.20 Å². The molecule has 20 heavy (non-hydrogen) atoms. The van der Waals surface area contributed by atoms with E-state index >= 15 is 0 Å². The van der Waals surface area contributed by atoms with Crippen molar-refractivity contribution in [2.24, 2.45) is 17.8 Å². The molecule has 2 bridgehead atoms. The number of hydrogen-bond donors (Lipinski definition) is 1. The number of carbonyl (C=O) groups is 2. The topological polar surface area (TPSA) is 59.1 Å². The second-order valence-electron chi connectivity index (χ2n) is 6.11. The van der Waals surface area contributed by atoms with Gasteiger partial charge in [-0.25, -0.2) is 4.98 Å². The molecule has 1 N–H and O–H groups in total. The summed E-state index contributed by atoms with van der Waals surface area (Å²) in [5.41, 5.74) is 1.07. The number of rotatable bonds is 2. The number of ketones is 1. The number of carbonyl (C=O) groups excluding carboxylic acids is 2. The molecule has 1 unspecified atom stereocenters. The summed E-state index contributed by atoms with van der Waals surface area (Å²) >= 11 is 0. The summed E-state index contributed by atoms with van der Waals surface area (Å²) in [4.78, 5) is 28.6. The molecule has 1 aromatic rings. The first-order valence-electron chi connectivity index (χ1n) is 7.40. The van der Waals surface area contributed by atoms with Crippen molar-refractivity contribution in [3.8, 4) is 0 Å². The third-order valence-corrected chi connectivity index (χ3v) is 4.58. The van der Waals surface area contributed by atoms with Gasteiger partial charge in [-0.2, -0.15) is 0 Å². The first-order valence-corrected chi connectivity index (χ1v) is 7.40. The number of nitrogens with one attached hydrogen (secondary N) is 1. The molecule has 1 amide bonds. The van der Waals surface area contributed by atoms with Crippen molar-refractivity contribution in [3.05, 3.63) is 23.9 Å². The van der Waals surface area contributed by atoms with E-state index < -0.39 is 0 Å². The number of Topliss-reactive ketones (excluding diaryl/α,β-unsaturated/α-hetero) is 1. The maximum atomic E-state index is 12.3. The number of aryl methyl sites for hydroxylation is 1. The van der Waals surface area contributed by atoms with E-state index in [1.807, 2.05) is 19.1 Å². The lowest BCUT2D eigenvalue weighted by Crippen LogP contribution is -2.40. The van der Waals surface area contributed by atoms with Gasteiger partial charge in [0.25, 0.3) is 0 Å². The van der Waals surface area contributed by atoms with Gasteiger partial charge in [0.1, 0.15) is 11.6 Å². The van der Waals surface area contributed by atoms with Crippen molar-refractivity contribution in [2.45, 2.75) is 39.0 Å². The Bertz CT molecular complexity index is 508. The molecule has 4 heteroatoms. The predicted octanol–water partition coefficient (Wildman–Crippen LogP) is 2.72. The molecule has 3 rings (SSSR count). The van der Waals surface area contributed by atoms with Gasteiger partial charge in [0.15, 0.2) is 0 Å². The molecule has 2 fully saturated rings. The molecule has 106 valence electrons. The highest BCUT2D eigenvalue weighted by molar-refractivity contribution is 5.94. The lowest BCUT2D eigenvalue weighted by molar-refractivity contribution is -0.136. The molecule has 2 saturated carbocycles. The van der Waals surface area contributed by atoms with E-state index in [1.165, 1.54) is 0 Å². The fourth-order valence-corrected chi connectivity index (χ4v) is 3.46. The average Bonchev–Trinajstić information content (AvgIpc) is 2.41. The number of pyridine rings is 1. The fraction of sp³-hybridized carbons (Fsp3) is 0.562. The number of anilines is 1. The molecule has 0 saturated heterocycles. The Morgan fingerprint density at radius 1 is 1.25 bits per heavy atom. The van der Waals surface area contributed by atoms with Gasteiger partial charge in [-0.3, -0.25) is 9.59 Å². The summed E-state index contributed by atoms with van der Waals surface area (Å²) in [6, 6.07) is 3.75. The third-order valence-electron chi connectivity index (χ3n) is 4.58. The number of fused-ring (bicyclic) bond motifs is 2. The molecule has 0 aliphatic heterocycles. The summed E-state index contributed by atoms with van der Waals surface area (Å²) in [6.07, 6.45) is 6.23. The van der Waals surface area contributed by atoms with E-state index in [9.17, 15) is 9.59 Å². The van der Waals surface area contributed by atoms with Gasteiger partial charge in [-0.1, -0.05) is 12.5 Å². The van der Waals surface area contributed by atoms with Gasteiger partial charge in [-0.05, 0) is 44.2 Å². The molecule has 0 aromatic carbocycles. The van der Waals surface area contributed by atoms with Gasteiger partial charge in [-0.15, -0.1) is 0 Å². The first kappa shape index (κ1) is 13.3. The van der Waals surface area contributed by atoms with Crippen molar-refractivity contribution in [1.29, 1.82) is 0 Å². The average molecular weight is 272 g/mol.